The van der Waals surface area contributed by atoms with Gasteiger partial charge in [0.25, 0.3) is 5.69 Å². The summed E-state index contributed by atoms with van der Waals surface area (Å²) < 4.78 is 51.0. The lowest BCUT2D eigenvalue weighted by Crippen LogP contribution is -2.61. The highest BCUT2D eigenvalue weighted by atomic mass is 32.3. The van der Waals surface area contributed by atoms with Crippen molar-refractivity contribution >= 4 is 34.0 Å². The SMILES string of the molecule is O=C(O)C1O[C@@H](OC2C(O)[C@@H](/C=N/Nc3ccc([N+](=O)[O-])cc3)O[C@@H]2COS(=O)(=O)O)C(O)C(O)[C@@H]1O. The van der Waals surface area contributed by atoms with E-state index in [1.807, 2.05) is 0 Å². The lowest BCUT2D eigenvalue weighted by molar-refractivity contribution is -0.384. The van der Waals surface area contributed by atoms with Gasteiger partial charge in [0.15, 0.2) is 12.4 Å². The van der Waals surface area contributed by atoms with E-state index in [0.717, 1.165) is 6.21 Å². The first-order valence-electron chi connectivity index (χ1n) is 10.4. The molecule has 2 aliphatic heterocycles. The molecule has 2 saturated heterocycles. The predicted molar refractivity (Wildman–Crippen MR) is 117 cm³/mol. The highest BCUT2D eigenvalue weighted by Crippen LogP contribution is 2.30. The van der Waals surface area contributed by atoms with Crippen LogP contribution in [0.3, 0.4) is 0 Å². The number of carboxylic acids is 1. The van der Waals surface area contributed by atoms with Crippen LogP contribution in [0.25, 0.3) is 0 Å². The molecule has 1 aromatic carbocycles. The first kappa shape index (κ1) is 28.7. The lowest BCUT2D eigenvalue weighted by Gasteiger charge is -2.40. The van der Waals surface area contributed by atoms with E-state index in [1.165, 1.54) is 24.3 Å². The van der Waals surface area contributed by atoms with Gasteiger partial charge in [-0.15, -0.1) is 0 Å². The highest BCUT2D eigenvalue weighted by Gasteiger charge is 2.52. The zero-order chi connectivity index (χ0) is 27.5. The number of nitrogens with one attached hydrogen (secondary N) is 1. The molecule has 7 N–H and O–H groups in total. The van der Waals surface area contributed by atoms with Crippen LogP contribution >= 0.6 is 0 Å². The average Bonchev–Trinajstić information content (AvgIpc) is 3.12. The summed E-state index contributed by atoms with van der Waals surface area (Å²) in [4.78, 5) is 21.4. The molecular formula is C18H23N3O15S. The molecule has 0 spiro atoms. The molecule has 18 nitrogen and oxygen atoms in total. The quantitative estimate of drug-likeness (QED) is 0.0667. The molecule has 3 rings (SSSR count). The third-order valence-electron chi connectivity index (χ3n) is 5.35. The van der Waals surface area contributed by atoms with Crippen LogP contribution in [-0.2, 0) is 33.6 Å². The second kappa shape index (κ2) is 11.7. The van der Waals surface area contributed by atoms with Gasteiger partial charge in [0.05, 0.1) is 23.4 Å². The van der Waals surface area contributed by atoms with Crippen LogP contribution in [-0.4, -0.2) is 117 Å². The fourth-order valence-electron chi connectivity index (χ4n) is 3.51. The Morgan fingerprint density at radius 3 is 2.32 bits per heavy atom. The van der Waals surface area contributed by atoms with Gasteiger partial charge in [-0.25, -0.2) is 8.98 Å². The Morgan fingerprint density at radius 1 is 1.11 bits per heavy atom. The standard InChI is InChI=1S/C18H23N3O15S/c22-11-9(5-19-20-7-1-3-8(4-2-7)21(28)29)34-10(6-33-37(30,31)32)15(11)35-18-14(25)12(23)13(24)16(36-18)17(26)27/h1-5,9-16,18,20,22-25H,6H2,(H,26,27)(H,30,31,32)/b19-5+/t9-,10-,11?,12?,13+,14?,15?,16?,18-/m1/s1. The van der Waals surface area contributed by atoms with Gasteiger partial charge in [0, 0.05) is 12.1 Å². The number of hydrazone groups is 1. The molecule has 2 heterocycles. The molecule has 2 fully saturated rings. The van der Waals surface area contributed by atoms with Gasteiger partial charge in [0.1, 0.15) is 42.7 Å². The number of hydrogen-bond donors (Lipinski definition) is 7. The number of ether oxygens (including phenoxy) is 3. The summed E-state index contributed by atoms with van der Waals surface area (Å²) in [5.41, 5.74) is 2.67. The number of aliphatic hydroxyl groups excluding tert-OH is 4. The Balaban J connectivity index is 1.74. The molecule has 0 radical (unpaired) electrons. The van der Waals surface area contributed by atoms with Crippen molar-refractivity contribution in [2.45, 2.75) is 55.1 Å². The summed E-state index contributed by atoms with van der Waals surface area (Å²) in [5.74, 6) is -1.69. The molecule has 0 saturated carbocycles. The molecule has 0 aromatic heterocycles. The van der Waals surface area contributed by atoms with E-state index >= 15 is 0 Å². The maximum absolute atomic E-state index is 11.3. The van der Waals surface area contributed by atoms with Crippen molar-refractivity contribution in [3.63, 3.8) is 0 Å². The number of benzene rings is 1. The number of aliphatic hydroxyl groups is 4. The van der Waals surface area contributed by atoms with Crippen molar-refractivity contribution in [2.75, 3.05) is 12.0 Å². The van der Waals surface area contributed by atoms with E-state index in [4.69, 9.17) is 23.9 Å². The third kappa shape index (κ3) is 7.13. The number of rotatable bonds is 10. The lowest BCUT2D eigenvalue weighted by atomic mass is 9.98. The zero-order valence-electron chi connectivity index (χ0n) is 18.5. The Morgan fingerprint density at radius 2 is 1.76 bits per heavy atom. The number of non-ortho nitro benzene ring substituents is 1. The Hall–Kier alpha value is -2.85. The fourth-order valence-corrected chi connectivity index (χ4v) is 3.81. The van der Waals surface area contributed by atoms with Crippen molar-refractivity contribution in [3.05, 3.63) is 34.4 Å². The summed E-state index contributed by atoms with van der Waals surface area (Å²) in [7, 11) is -4.96. The van der Waals surface area contributed by atoms with Crippen LogP contribution in [0.4, 0.5) is 11.4 Å². The van der Waals surface area contributed by atoms with Crippen LogP contribution < -0.4 is 5.43 Å². The molecule has 2 aliphatic rings. The van der Waals surface area contributed by atoms with Crippen LogP contribution in [0, 0.1) is 10.1 Å². The van der Waals surface area contributed by atoms with E-state index < -0.39 is 83.0 Å². The molecule has 9 atom stereocenters. The molecule has 1 aromatic rings. The molecule has 0 aliphatic carbocycles. The van der Waals surface area contributed by atoms with Crippen LogP contribution in [0.5, 0.6) is 0 Å². The monoisotopic (exact) mass is 553 g/mol. The van der Waals surface area contributed by atoms with Crippen molar-refractivity contribution in [2.24, 2.45) is 5.10 Å². The van der Waals surface area contributed by atoms with Crippen molar-refractivity contribution < 1.29 is 66.6 Å². The number of aliphatic carboxylic acids is 1. The fraction of sp³-hybridized carbons (Fsp3) is 0.556. The van der Waals surface area contributed by atoms with Gasteiger partial charge in [-0.1, -0.05) is 0 Å². The average molecular weight is 553 g/mol. The molecule has 0 bridgehead atoms. The van der Waals surface area contributed by atoms with Gasteiger partial charge in [-0.2, -0.15) is 13.5 Å². The zero-order valence-corrected chi connectivity index (χ0v) is 19.3. The number of carboxylic acid groups (broad SMARTS) is 1. The van der Waals surface area contributed by atoms with Crippen LogP contribution in [0.2, 0.25) is 0 Å². The Kier molecular flexibility index (Phi) is 9.07. The largest absolute Gasteiger partial charge is 0.479 e. The van der Waals surface area contributed by atoms with Gasteiger partial charge in [0.2, 0.25) is 0 Å². The van der Waals surface area contributed by atoms with E-state index in [9.17, 15) is 43.8 Å². The van der Waals surface area contributed by atoms with Gasteiger partial charge in [-0.05, 0) is 12.1 Å². The van der Waals surface area contributed by atoms with Crippen LogP contribution in [0.15, 0.2) is 29.4 Å². The van der Waals surface area contributed by atoms with Crippen molar-refractivity contribution in [3.8, 4) is 0 Å². The summed E-state index contributed by atoms with van der Waals surface area (Å²) in [6, 6.07) is 5.10. The van der Waals surface area contributed by atoms with E-state index in [0.29, 0.717) is 5.69 Å². The minimum atomic E-state index is -4.96. The number of carbonyl (C=O) groups is 1. The normalized spacial score (nSPS) is 34.5. The summed E-state index contributed by atoms with van der Waals surface area (Å²) in [5, 5.41) is 64.3. The second-order valence-corrected chi connectivity index (χ2v) is 8.96. The van der Waals surface area contributed by atoms with Gasteiger partial charge in [-0.3, -0.25) is 20.1 Å². The molecule has 5 unspecified atom stereocenters. The second-order valence-electron chi connectivity index (χ2n) is 7.87. The number of nitrogens with zero attached hydrogens (tertiary/aromatic N) is 2. The van der Waals surface area contributed by atoms with Gasteiger partial charge < -0.3 is 39.7 Å². The predicted octanol–water partition coefficient (Wildman–Crippen LogP) is -2.78. The maximum Gasteiger partial charge on any atom is 0.397 e. The number of nitro benzene ring substituents is 1. The van der Waals surface area contributed by atoms with E-state index in [1.54, 1.807) is 0 Å². The van der Waals surface area contributed by atoms with Crippen LogP contribution in [0.1, 0.15) is 0 Å². The molecule has 206 valence electrons. The maximum atomic E-state index is 11.3. The first-order chi connectivity index (χ1) is 17.3. The van der Waals surface area contributed by atoms with E-state index in [-0.39, 0.29) is 5.69 Å². The Labute approximate surface area is 207 Å². The van der Waals surface area contributed by atoms with Crippen molar-refractivity contribution in [1.82, 2.24) is 0 Å². The highest BCUT2D eigenvalue weighted by molar-refractivity contribution is 7.80. The smallest absolute Gasteiger partial charge is 0.397 e. The summed E-state index contributed by atoms with van der Waals surface area (Å²) in [6.45, 7) is -0.906. The van der Waals surface area contributed by atoms with Crippen molar-refractivity contribution in [1.29, 1.82) is 0 Å². The summed E-state index contributed by atoms with van der Waals surface area (Å²) >= 11 is 0. The van der Waals surface area contributed by atoms with E-state index in [2.05, 4.69) is 14.7 Å². The summed E-state index contributed by atoms with van der Waals surface area (Å²) in [6.07, 6.45) is -15.0. The number of anilines is 1. The Bertz CT molecular complexity index is 1100. The molecule has 0 amide bonds. The van der Waals surface area contributed by atoms with Gasteiger partial charge >= 0.3 is 16.4 Å². The molecule has 37 heavy (non-hydrogen) atoms. The number of hydrogen-bond acceptors (Lipinski definition) is 15. The molecular weight excluding hydrogens is 530 g/mol. The minimum absolute atomic E-state index is 0.166. The minimum Gasteiger partial charge on any atom is -0.479 e. The first-order valence-corrected chi connectivity index (χ1v) is 11.7. The third-order valence-corrected chi connectivity index (χ3v) is 5.78. The molecule has 19 heteroatoms. The topological polar surface area (TPSA) is 277 Å². The number of nitro groups is 1.